The van der Waals surface area contributed by atoms with Crippen LogP contribution < -0.4 is 15.0 Å². The van der Waals surface area contributed by atoms with Crippen molar-refractivity contribution in [2.45, 2.75) is 18.6 Å². The number of ether oxygens (including phenoxy) is 1. The van der Waals surface area contributed by atoms with Gasteiger partial charge in [0.1, 0.15) is 34.4 Å². The average molecular weight is 556 g/mol. The maximum atomic E-state index is 15.6. The van der Waals surface area contributed by atoms with Crippen LogP contribution in [0.1, 0.15) is 29.0 Å². The Morgan fingerprint density at radius 3 is 2.56 bits per heavy atom. The molecule has 0 bridgehead atoms. The highest BCUT2D eigenvalue weighted by Gasteiger charge is 2.26. The van der Waals surface area contributed by atoms with Crippen molar-refractivity contribution in [1.29, 1.82) is 0 Å². The maximum absolute atomic E-state index is 15.6. The Morgan fingerprint density at radius 2 is 1.87 bits per heavy atom. The zero-order valence-corrected chi connectivity index (χ0v) is 22.5. The Labute approximate surface area is 224 Å². The Balaban J connectivity index is 1.58. The fraction of sp³-hybridized carbons (Fsp3) is 0.296. The predicted molar refractivity (Wildman–Crippen MR) is 145 cm³/mol. The molecule has 5 rings (SSSR count). The van der Waals surface area contributed by atoms with Gasteiger partial charge in [-0.05, 0) is 43.2 Å². The Hall–Kier alpha value is -4.06. The number of amides is 1. The molecule has 9 nitrogen and oxygen atoms in total. The molecule has 39 heavy (non-hydrogen) atoms. The van der Waals surface area contributed by atoms with E-state index in [-0.39, 0.29) is 28.3 Å². The SMILES string of the molecule is COc1cccc(F)c1-c1nccc(C(=O)Nc2ccc3c(nc(CS(C)(=O)=O)n3C)c2N2CCCC2)c1F. The third-order valence-corrected chi connectivity index (χ3v) is 7.53. The van der Waals surface area contributed by atoms with E-state index in [4.69, 9.17) is 4.74 Å². The molecule has 3 heterocycles. The number of fused-ring (bicyclic) bond motifs is 1. The van der Waals surface area contributed by atoms with E-state index in [2.05, 4.69) is 20.2 Å². The number of sulfone groups is 1. The lowest BCUT2D eigenvalue weighted by molar-refractivity contribution is 0.102. The van der Waals surface area contributed by atoms with Crippen molar-refractivity contribution in [3.63, 3.8) is 0 Å². The summed E-state index contributed by atoms with van der Waals surface area (Å²) in [4.78, 5) is 24.1. The summed E-state index contributed by atoms with van der Waals surface area (Å²) >= 11 is 0. The smallest absolute Gasteiger partial charge is 0.258 e. The number of pyridine rings is 1. The van der Waals surface area contributed by atoms with Crippen molar-refractivity contribution in [2.24, 2.45) is 7.05 Å². The summed E-state index contributed by atoms with van der Waals surface area (Å²) in [5, 5.41) is 2.79. The number of anilines is 2. The minimum Gasteiger partial charge on any atom is -0.496 e. The topological polar surface area (TPSA) is 106 Å². The van der Waals surface area contributed by atoms with E-state index in [0.717, 1.165) is 38.3 Å². The van der Waals surface area contributed by atoms with Gasteiger partial charge in [-0.15, -0.1) is 0 Å². The first kappa shape index (κ1) is 26.5. The number of nitrogens with zero attached hydrogens (tertiary/aromatic N) is 4. The van der Waals surface area contributed by atoms with Crippen LogP contribution in [0.5, 0.6) is 5.75 Å². The Kier molecular flexibility index (Phi) is 6.98. The van der Waals surface area contributed by atoms with Crippen molar-refractivity contribution in [2.75, 3.05) is 36.7 Å². The number of rotatable bonds is 7. The normalized spacial score (nSPS) is 13.7. The lowest BCUT2D eigenvalue weighted by atomic mass is 10.1. The van der Waals surface area contributed by atoms with E-state index in [1.165, 1.54) is 31.5 Å². The summed E-state index contributed by atoms with van der Waals surface area (Å²) in [6.07, 6.45) is 4.27. The number of carbonyl (C=O) groups is 1. The summed E-state index contributed by atoms with van der Waals surface area (Å²) in [5.41, 5.74) is 1.44. The molecule has 1 N–H and O–H groups in total. The van der Waals surface area contributed by atoms with Crippen LogP contribution in [0.25, 0.3) is 22.3 Å². The van der Waals surface area contributed by atoms with Crippen LogP contribution in [0, 0.1) is 11.6 Å². The van der Waals surface area contributed by atoms with Gasteiger partial charge in [0.2, 0.25) is 0 Å². The molecule has 2 aromatic carbocycles. The van der Waals surface area contributed by atoms with Crippen LogP contribution in [-0.4, -0.2) is 55.3 Å². The van der Waals surface area contributed by atoms with Crippen molar-refractivity contribution in [1.82, 2.24) is 14.5 Å². The van der Waals surface area contributed by atoms with Gasteiger partial charge in [-0.1, -0.05) is 6.07 Å². The number of methoxy groups -OCH3 is 1. The van der Waals surface area contributed by atoms with E-state index in [0.29, 0.717) is 28.2 Å². The van der Waals surface area contributed by atoms with Crippen LogP contribution in [0.3, 0.4) is 0 Å². The second-order valence-corrected chi connectivity index (χ2v) is 11.6. The number of halogens is 2. The maximum Gasteiger partial charge on any atom is 0.258 e. The fourth-order valence-electron chi connectivity index (χ4n) is 4.91. The quantitative estimate of drug-likeness (QED) is 0.362. The second-order valence-electron chi connectivity index (χ2n) is 9.47. The number of nitrogens with one attached hydrogen (secondary N) is 1. The third-order valence-electron chi connectivity index (χ3n) is 6.75. The fourth-order valence-corrected chi connectivity index (χ4v) is 5.63. The van der Waals surface area contributed by atoms with Crippen LogP contribution in [0.15, 0.2) is 42.6 Å². The molecule has 1 saturated heterocycles. The van der Waals surface area contributed by atoms with Crippen LogP contribution in [0.2, 0.25) is 0 Å². The first-order valence-corrected chi connectivity index (χ1v) is 14.3. The number of benzene rings is 2. The van der Waals surface area contributed by atoms with E-state index in [1.54, 1.807) is 23.7 Å². The number of imidazole rings is 1. The van der Waals surface area contributed by atoms with Gasteiger partial charge in [0.25, 0.3) is 5.91 Å². The van der Waals surface area contributed by atoms with Gasteiger partial charge in [0, 0.05) is 32.6 Å². The van der Waals surface area contributed by atoms with Crippen molar-refractivity contribution >= 4 is 38.2 Å². The molecule has 1 fully saturated rings. The van der Waals surface area contributed by atoms with Gasteiger partial charge in [-0.25, -0.2) is 22.2 Å². The highest BCUT2D eigenvalue weighted by molar-refractivity contribution is 7.89. The van der Waals surface area contributed by atoms with Gasteiger partial charge in [-0.2, -0.15) is 0 Å². The summed E-state index contributed by atoms with van der Waals surface area (Å²) in [6.45, 7) is 1.45. The summed E-state index contributed by atoms with van der Waals surface area (Å²) in [6, 6.07) is 8.73. The van der Waals surface area contributed by atoms with E-state index >= 15 is 4.39 Å². The number of carbonyl (C=O) groups excluding carboxylic acids is 1. The molecule has 2 aromatic heterocycles. The molecule has 0 spiro atoms. The lowest BCUT2D eigenvalue weighted by Crippen LogP contribution is -2.22. The highest BCUT2D eigenvalue weighted by Crippen LogP contribution is 2.38. The number of aryl methyl sites for hydroxylation is 1. The first-order chi connectivity index (χ1) is 18.6. The van der Waals surface area contributed by atoms with Gasteiger partial charge in [0.05, 0.1) is 35.1 Å². The summed E-state index contributed by atoms with van der Waals surface area (Å²) in [5.74, 6) is -2.25. The molecule has 0 atom stereocenters. The molecule has 0 saturated carbocycles. The van der Waals surface area contributed by atoms with Crippen molar-refractivity contribution in [3.8, 4) is 17.0 Å². The minimum absolute atomic E-state index is 0.0841. The molecule has 1 aliphatic heterocycles. The third kappa shape index (κ3) is 5.03. The zero-order chi connectivity index (χ0) is 27.9. The standard InChI is InChI=1S/C27H27F2N5O4S/c1-33-19-10-9-18(26(34-13-4-5-14-34)24(19)32-21(33)15-39(3,36)37)31-27(35)16-11-12-30-25(23(16)29)22-17(28)7-6-8-20(22)38-2/h6-12H,4-5,13-15H2,1-3H3,(H,31,35). The van der Waals surface area contributed by atoms with E-state index < -0.39 is 27.4 Å². The van der Waals surface area contributed by atoms with Gasteiger partial charge >= 0.3 is 0 Å². The second kappa shape index (κ2) is 10.3. The molecular formula is C27H27F2N5O4S. The van der Waals surface area contributed by atoms with Crippen LogP contribution in [0.4, 0.5) is 20.2 Å². The molecule has 1 amide bonds. The summed E-state index contributed by atoms with van der Waals surface area (Å²) < 4.78 is 61.2. The average Bonchev–Trinajstić information content (AvgIpc) is 3.52. The highest BCUT2D eigenvalue weighted by atomic mass is 32.2. The Morgan fingerprint density at radius 1 is 1.13 bits per heavy atom. The molecule has 0 radical (unpaired) electrons. The molecular weight excluding hydrogens is 528 g/mol. The van der Waals surface area contributed by atoms with Crippen LogP contribution in [-0.2, 0) is 22.6 Å². The molecule has 4 aromatic rings. The molecule has 1 aliphatic rings. The minimum atomic E-state index is -3.33. The Bertz CT molecular complexity index is 1700. The number of aromatic nitrogens is 3. The van der Waals surface area contributed by atoms with Gasteiger partial charge < -0.3 is 19.5 Å². The summed E-state index contributed by atoms with van der Waals surface area (Å²) in [7, 11) is -0.256. The lowest BCUT2D eigenvalue weighted by Gasteiger charge is -2.22. The van der Waals surface area contributed by atoms with Gasteiger partial charge in [-0.3, -0.25) is 9.78 Å². The first-order valence-electron chi connectivity index (χ1n) is 12.3. The van der Waals surface area contributed by atoms with Crippen LogP contribution >= 0.6 is 0 Å². The molecule has 0 unspecified atom stereocenters. The molecule has 12 heteroatoms. The predicted octanol–water partition coefficient (Wildman–Crippen LogP) is 4.32. The molecule has 0 aliphatic carbocycles. The van der Waals surface area contributed by atoms with E-state index in [1.807, 2.05) is 0 Å². The zero-order valence-electron chi connectivity index (χ0n) is 21.7. The monoisotopic (exact) mass is 555 g/mol. The molecule has 204 valence electrons. The van der Waals surface area contributed by atoms with E-state index in [9.17, 15) is 17.6 Å². The van der Waals surface area contributed by atoms with Crippen molar-refractivity contribution < 1.29 is 26.7 Å². The largest absolute Gasteiger partial charge is 0.496 e. The number of hydrogen-bond donors (Lipinski definition) is 1. The van der Waals surface area contributed by atoms with Gasteiger partial charge in [0.15, 0.2) is 15.7 Å². The number of hydrogen-bond acceptors (Lipinski definition) is 7. The van der Waals surface area contributed by atoms with Crippen molar-refractivity contribution in [3.05, 3.63) is 65.6 Å².